The lowest BCUT2D eigenvalue weighted by atomic mass is 10.1. The highest BCUT2D eigenvalue weighted by Gasteiger charge is 2.27. The molecule has 0 N–H and O–H groups in total. The van der Waals surface area contributed by atoms with Gasteiger partial charge in [0.1, 0.15) is 0 Å². The van der Waals surface area contributed by atoms with Crippen molar-refractivity contribution in [2.24, 2.45) is 0 Å². The van der Waals surface area contributed by atoms with Crippen LogP contribution in [0.3, 0.4) is 0 Å². The Morgan fingerprint density at radius 1 is 0.950 bits per heavy atom. The molecule has 20 heavy (non-hydrogen) atoms. The molecule has 0 saturated carbocycles. The van der Waals surface area contributed by atoms with Gasteiger partial charge in [-0.15, -0.1) is 0 Å². The molecule has 0 bridgehead atoms. The smallest absolute Gasteiger partial charge is 0.0639 e. The molecule has 1 nitrogen and oxygen atoms in total. The molecule has 1 atom stereocenters. The average Bonchev–Trinajstić information content (AvgIpc) is 2.45. The van der Waals surface area contributed by atoms with Gasteiger partial charge in [0.25, 0.3) is 0 Å². The van der Waals surface area contributed by atoms with E-state index >= 15 is 0 Å². The van der Waals surface area contributed by atoms with Crippen LogP contribution in [-0.2, 0) is 12.6 Å². The molecule has 0 amide bonds. The van der Waals surface area contributed by atoms with Crippen LogP contribution in [0.5, 0.6) is 0 Å². The van der Waals surface area contributed by atoms with Gasteiger partial charge in [-0.1, -0.05) is 58.0 Å². The highest BCUT2D eigenvalue weighted by molar-refractivity contribution is 7.66. The molecule has 106 valence electrons. The van der Waals surface area contributed by atoms with E-state index in [1.807, 2.05) is 12.3 Å². The van der Waals surface area contributed by atoms with Crippen LogP contribution in [0, 0.1) is 0 Å². The highest BCUT2D eigenvalue weighted by Crippen LogP contribution is 2.50. The standard InChI is InChI=1S/C18H24NP/c1-5-15-10-6-7-11-16(15)14-20(18(2,3)4)17-12-8-9-13-19-17/h6-13H,5,14H2,1-4H3. The molecule has 0 aliphatic carbocycles. The third-order valence-corrected chi connectivity index (χ3v) is 6.66. The molecule has 1 aromatic heterocycles. The van der Waals surface area contributed by atoms with Gasteiger partial charge in [-0.2, -0.15) is 0 Å². The predicted octanol–water partition coefficient (Wildman–Crippen LogP) is 4.75. The lowest BCUT2D eigenvalue weighted by Crippen LogP contribution is -2.22. The van der Waals surface area contributed by atoms with Crippen LogP contribution in [0.4, 0.5) is 0 Å². The number of pyridine rings is 1. The second-order valence-corrected chi connectivity index (χ2v) is 9.04. The minimum Gasteiger partial charge on any atom is -0.257 e. The second-order valence-electron chi connectivity index (χ2n) is 6.07. The zero-order chi connectivity index (χ0) is 14.6. The number of aryl methyl sites for hydroxylation is 1. The minimum atomic E-state index is -0.306. The lowest BCUT2D eigenvalue weighted by Gasteiger charge is -2.31. The molecular weight excluding hydrogens is 261 g/mol. The largest absolute Gasteiger partial charge is 0.257 e. The van der Waals surface area contributed by atoms with Crippen LogP contribution in [0.25, 0.3) is 0 Å². The van der Waals surface area contributed by atoms with Crippen molar-refractivity contribution in [2.75, 3.05) is 0 Å². The zero-order valence-electron chi connectivity index (χ0n) is 12.9. The summed E-state index contributed by atoms with van der Waals surface area (Å²) in [6.45, 7) is 9.24. The van der Waals surface area contributed by atoms with Gasteiger partial charge in [0, 0.05) is 6.20 Å². The van der Waals surface area contributed by atoms with Crippen molar-refractivity contribution in [3.63, 3.8) is 0 Å². The topological polar surface area (TPSA) is 12.9 Å². The van der Waals surface area contributed by atoms with Crippen molar-refractivity contribution in [1.29, 1.82) is 0 Å². The van der Waals surface area contributed by atoms with E-state index in [-0.39, 0.29) is 13.1 Å². The van der Waals surface area contributed by atoms with Crippen LogP contribution in [-0.4, -0.2) is 10.1 Å². The van der Waals surface area contributed by atoms with Crippen molar-refractivity contribution in [2.45, 2.75) is 45.4 Å². The SMILES string of the molecule is CCc1ccccc1CP(c1ccccn1)C(C)(C)C. The van der Waals surface area contributed by atoms with Gasteiger partial charge in [0.05, 0.1) is 5.44 Å². The van der Waals surface area contributed by atoms with Gasteiger partial charge in [-0.25, -0.2) is 0 Å². The molecule has 0 fully saturated rings. The van der Waals surface area contributed by atoms with Gasteiger partial charge in [-0.05, 0) is 48.9 Å². The fourth-order valence-corrected chi connectivity index (χ4v) is 4.85. The zero-order valence-corrected chi connectivity index (χ0v) is 13.8. The molecule has 0 spiro atoms. The summed E-state index contributed by atoms with van der Waals surface area (Å²) in [5.74, 6) is 0. The Morgan fingerprint density at radius 3 is 2.15 bits per heavy atom. The molecule has 0 saturated heterocycles. The molecule has 1 heterocycles. The fourth-order valence-electron chi connectivity index (χ4n) is 2.40. The van der Waals surface area contributed by atoms with Crippen LogP contribution in [0.2, 0.25) is 0 Å². The Bertz CT molecular complexity index is 543. The first-order valence-corrected chi connectivity index (χ1v) is 8.80. The van der Waals surface area contributed by atoms with E-state index < -0.39 is 0 Å². The second kappa shape index (κ2) is 6.50. The molecule has 0 aliphatic rings. The average molecular weight is 285 g/mol. The van der Waals surface area contributed by atoms with E-state index in [2.05, 4.69) is 69.1 Å². The summed E-state index contributed by atoms with van der Waals surface area (Å²) in [7, 11) is -0.306. The Morgan fingerprint density at radius 2 is 1.60 bits per heavy atom. The molecule has 0 radical (unpaired) electrons. The maximum atomic E-state index is 4.63. The molecule has 2 heteroatoms. The highest BCUT2D eigenvalue weighted by atomic mass is 31.1. The van der Waals surface area contributed by atoms with Crippen LogP contribution in [0.1, 0.15) is 38.8 Å². The van der Waals surface area contributed by atoms with Gasteiger partial charge in [0.2, 0.25) is 0 Å². The van der Waals surface area contributed by atoms with Crippen molar-refractivity contribution < 1.29 is 0 Å². The maximum Gasteiger partial charge on any atom is 0.0639 e. The third-order valence-electron chi connectivity index (χ3n) is 3.56. The van der Waals surface area contributed by atoms with E-state index in [0.717, 1.165) is 12.6 Å². The van der Waals surface area contributed by atoms with Gasteiger partial charge >= 0.3 is 0 Å². The molecule has 1 aromatic carbocycles. The lowest BCUT2D eigenvalue weighted by molar-refractivity contribution is 0.784. The number of aromatic nitrogens is 1. The minimum absolute atomic E-state index is 0.268. The first-order chi connectivity index (χ1) is 9.52. The quantitative estimate of drug-likeness (QED) is 0.739. The first kappa shape index (κ1) is 15.2. The molecular formula is C18H24NP. The van der Waals surface area contributed by atoms with Crippen LogP contribution < -0.4 is 5.44 Å². The number of hydrogen-bond donors (Lipinski definition) is 0. The number of nitrogens with zero attached hydrogens (tertiary/aromatic N) is 1. The molecule has 2 rings (SSSR count). The van der Waals surface area contributed by atoms with Crippen molar-refractivity contribution in [3.05, 3.63) is 59.8 Å². The fraction of sp³-hybridized carbons (Fsp3) is 0.389. The third kappa shape index (κ3) is 3.67. The molecule has 0 aliphatic heterocycles. The Hall–Kier alpha value is -1.20. The van der Waals surface area contributed by atoms with E-state index in [0.29, 0.717) is 0 Å². The van der Waals surface area contributed by atoms with E-state index in [4.69, 9.17) is 0 Å². The summed E-state index contributed by atoms with van der Waals surface area (Å²) >= 11 is 0. The van der Waals surface area contributed by atoms with E-state index in [1.54, 1.807) is 0 Å². The predicted molar refractivity (Wildman–Crippen MR) is 90.1 cm³/mol. The Kier molecular flexibility index (Phi) is 4.94. The maximum absolute atomic E-state index is 4.63. The van der Waals surface area contributed by atoms with Crippen molar-refractivity contribution in [1.82, 2.24) is 4.98 Å². The summed E-state index contributed by atoms with van der Waals surface area (Å²) in [6, 6.07) is 15.1. The molecule has 2 aromatic rings. The first-order valence-electron chi connectivity index (χ1n) is 7.28. The summed E-state index contributed by atoms with van der Waals surface area (Å²) < 4.78 is 0. The van der Waals surface area contributed by atoms with Gasteiger partial charge in [0.15, 0.2) is 0 Å². The monoisotopic (exact) mass is 285 g/mol. The Labute approximate surface area is 124 Å². The van der Waals surface area contributed by atoms with E-state index in [1.165, 1.54) is 16.6 Å². The van der Waals surface area contributed by atoms with Crippen molar-refractivity contribution >= 4 is 13.4 Å². The van der Waals surface area contributed by atoms with Gasteiger partial charge < -0.3 is 0 Å². The number of benzene rings is 1. The molecule has 1 unspecified atom stereocenters. The van der Waals surface area contributed by atoms with Crippen molar-refractivity contribution in [3.8, 4) is 0 Å². The van der Waals surface area contributed by atoms with Crippen LogP contribution in [0.15, 0.2) is 48.7 Å². The summed E-state index contributed by atoms with van der Waals surface area (Å²) in [5, 5.41) is 0.268. The summed E-state index contributed by atoms with van der Waals surface area (Å²) in [6.07, 6.45) is 4.15. The van der Waals surface area contributed by atoms with E-state index in [9.17, 15) is 0 Å². The summed E-state index contributed by atoms with van der Waals surface area (Å²) in [5.41, 5.74) is 4.22. The normalized spacial score (nSPS) is 13.2. The number of hydrogen-bond acceptors (Lipinski definition) is 1. The summed E-state index contributed by atoms with van der Waals surface area (Å²) in [4.78, 5) is 4.63. The van der Waals surface area contributed by atoms with Crippen LogP contribution >= 0.6 is 7.92 Å². The van der Waals surface area contributed by atoms with Gasteiger partial charge in [-0.3, -0.25) is 4.98 Å². The number of rotatable bonds is 4. The Balaban J connectivity index is 2.34.